The number of methoxy groups -OCH3 is 2. The summed E-state index contributed by atoms with van der Waals surface area (Å²) in [6, 6.07) is 8.68. The Hall–Kier alpha value is -4.70. The van der Waals surface area contributed by atoms with Crippen molar-refractivity contribution in [2.75, 3.05) is 48.9 Å². The van der Waals surface area contributed by atoms with Crippen molar-refractivity contribution in [2.45, 2.75) is 24.9 Å². The Kier molecular flexibility index (Phi) is 15.4. The third-order valence-electron chi connectivity index (χ3n) is 6.26. The van der Waals surface area contributed by atoms with E-state index in [0.717, 1.165) is 14.2 Å². The number of thioether (sulfide) groups is 2. The fraction of sp³-hybridized carbons (Fsp3) is 0.333. The average molecular weight is 675 g/mol. The van der Waals surface area contributed by atoms with Gasteiger partial charge in [-0.3, -0.25) is 28.8 Å². The van der Waals surface area contributed by atoms with Crippen molar-refractivity contribution < 1.29 is 47.8 Å². The van der Waals surface area contributed by atoms with E-state index in [1.807, 2.05) is 0 Å². The normalized spacial score (nSPS) is 11.7. The van der Waals surface area contributed by atoms with Crippen LogP contribution in [0.25, 0.3) is 0 Å². The first kappa shape index (κ1) is 37.5. The van der Waals surface area contributed by atoms with Crippen LogP contribution in [-0.4, -0.2) is 97.5 Å². The van der Waals surface area contributed by atoms with Crippen molar-refractivity contribution >= 4 is 82.0 Å². The van der Waals surface area contributed by atoms with E-state index >= 15 is 0 Å². The summed E-state index contributed by atoms with van der Waals surface area (Å²) in [4.78, 5) is 101. The summed E-state index contributed by atoms with van der Waals surface area (Å²) in [5.41, 5.74) is -0.874. The number of hydrogen-bond acceptors (Lipinski definition) is 12. The number of carbonyl (C=O) groups excluding carboxylic acids is 8. The maximum absolute atomic E-state index is 13.0. The SMILES string of the molecule is COC(=O)[C@H](CCSC)NC(=O)C(=O)c1ccccc1NC(=O)C(=O)Nc1ccccc1C(=O)C(=O)N[C@@H](CCSC)C(=O)OC. The van der Waals surface area contributed by atoms with Gasteiger partial charge in [0.1, 0.15) is 12.1 Å². The molecule has 0 spiro atoms. The Bertz CT molecular complexity index is 1370. The molecule has 0 radical (unpaired) electrons. The van der Waals surface area contributed by atoms with Gasteiger partial charge in [-0.1, -0.05) is 24.3 Å². The van der Waals surface area contributed by atoms with Gasteiger partial charge in [-0.15, -0.1) is 0 Å². The Labute approximate surface area is 273 Å². The Morgan fingerprint density at radius 1 is 0.587 bits per heavy atom. The van der Waals surface area contributed by atoms with Gasteiger partial charge in [0.15, 0.2) is 0 Å². The fourth-order valence-corrected chi connectivity index (χ4v) is 4.83. The van der Waals surface area contributed by atoms with E-state index in [0.29, 0.717) is 11.5 Å². The minimum atomic E-state index is -1.26. The zero-order chi connectivity index (χ0) is 34.2. The first-order valence-corrected chi connectivity index (χ1v) is 16.4. The number of rotatable bonds is 16. The lowest BCUT2D eigenvalue weighted by Crippen LogP contribution is -2.45. The highest BCUT2D eigenvalue weighted by Gasteiger charge is 2.29. The van der Waals surface area contributed by atoms with E-state index in [2.05, 4.69) is 21.3 Å². The third-order valence-corrected chi connectivity index (χ3v) is 7.55. The summed E-state index contributed by atoms with van der Waals surface area (Å²) in [5.74, 6) is -7.41. The second kappa shape index (κ2) is 19.0. The number of esters is 2. The molecule has 0 saturated carbocycles. The molecule has 246 valence electrons. The van der Waals surface area contributed by atoms with Crippen LogP contribution in [0, 0.1) is 0 Å². The smallest absolute Gasteiger partial charge is 0.328 e. The van der Waals surface area contributed by atoms with Crippen LogP contribution in [0.4, 0.5) is 11.4 Å². The van der Waals surface area contributed by atoms with Crippen molar-refractivity contribution in [3.05, 3.63) is 59.7 Å². The van der Waals surface area contributed by atoms with Crippen LogP contribution in [0.15, 0.2) is 48.5 Å². The van der Waals surface area contributed by atoms with Crippen LogP contribution in [0.1, 0.15) is 33.6 Å². The maximum atomic E-state index is 13.0. The van der Waals surface area contributed by atoms with E-state index in [4.69, 9.17) is 9.47 Å². The van der Waals surface area contributed by atoms with Gasteiger partial charge in [0.25, 0.3) is 23.4 Å². The van der Waals surface area contributed by atoms with E-state index in [1.165, 1.54) is 72.1 Å². The van der Waals surface area contributed by atoms with E-state index < -0.39 is 59.2 Å². The highest BCUT2D eigenvalue weighted by atomic mass is 32.2. The third kappa shape index (κ3) is 10.7. The molecule has 0 aliphatic carbocycles. The van der Waals surface area contributed by atoms with E-state index in [-0.39, 0.29) is 35.3 Å². The second-order valence-corrected chi connectivity index (χ2v) is 11.3. The Balaban J connectivity index is 2.18. The molecule has 0 aliphatic rings. The minimum Gasteiger partial charge on any atom is -0.467 e. The molecule has 0 bridgehead atoms. The van der Waals surface area contributed by atoms with Gasteiger partial charge in [0.2, 0.25) is 0 Å². The molecule has 14 nitrogen and oxygen atoms in total. The molecule has 0 saturated heterocycles. The lowest BCUT2D eigenvalue weighted by Gasteiger charge is -2.17. The first-order chi connectivity index (χ1) is 22.0. The fourth-order valence-electron chi connectivity index (χ4n) is 3.88. The van der Waals surface area contributed by atoms with Gasteiger partial charge < -0.3 is 30.7 Å². The van der Waals surface area contributed by atoms with Crippen LogP contribution >= 0.6 is 23.5 Å². The van der Waals surface area contributed by atoms with Gasteiger partial charge >= 0.3 is 23.8 Å². The first-order valence-electron chi connectivity index (χ1n) is 13.6. The molecular weight excluding hydrogens is 640 g/mol. The number of amides is 4. The number of benzene rings is 2. The Morgan fingerprint density at radius 2 is 0.935 bits per heavy atom. The number of Topliss-reactive ketones (excluding diaryl/α,β-unsaturated/α-hetero) is 2. The summed E-state index contributed by atoms with van der Waals surface area (Å²) in [7, 11) is 2.30. The van der Waals surface area contributed by atoms with Crippen molar-refractivity contribution in [1.29, 1.82) is 0 Å². The molecule has 0 aliphatic heterocycles. The van der Waals surface area contributed by atoms with Crippen molar-refractivity contribution in [3.8, 4) is 0 Å². The highest BCUT2D eigenvalue weighted by Crippen LogP contribution is 2.19. The molecule has 0 heterocycles. The van der Waals surface area contributed by atoms with Crippen LogP contribution in [-0.2, 0) is 38.2 Å². The summed E-state index contributed by atoms with van der Waals surface area (Å²) in [6.45, 7) is 0. The lowest BCUT2D eigenvalue weighted by atomic mass is 10.1. The quantitative estimate of drug-likeness (QED) is 0.114. The molecule has 0 unspecified atom stereocenters. The Morgan fingerprint density at radius 3 is 1.26 bits per heavy atom. The summed E-state index contributed by atoms with van der Waals surface area (Å²) >= 11 is 2.85. The van der Waals surface area contributed by atoms with Crippen LogP contribution in [0.3, 0.4) is 0 Å². The molecule has 16 heteroatoms. The molecule has 46 heavy (non-hydrogen) atoms. The van der Waals surface area contributed by atoms with Crippen molar-refractivity contribution in [3.63, 3.8) is 0 Å². The maximum Gasteiger partial charge on any atom is 0.328 e. The largest absolute Gasteiger partial charge is 0.467 e. The lowest BCUT2D eigenvalue weighted by molar-refractivity contribution is -0.145. The van der Waals surface area contributed by atoms with E-state index in [9.17, 15) is 38.4 Å². The van der Waals surface area contributed by atoms with Gasteiger partial charge in [-0.25, -0.2) is 9.59 Å². The molecule has 0 aromatic heterocycles. The number of ketones is 2. The summed E-state index contributed by atoms with van der Waals surface area (Å²) < 4.78 is 9.38. The standard InChI is InChI=1S/C30H34N4O10S2/c1-43-29(41)21(13-15-45-3)33-25(37)23(35)17-9-5-7-11-19(17)31-27(39)28(40)32-20-12-8-6-10-18(20)24(36)26(38)34-22(14-16-46-4)30(42)44-2/h5-12,21-22H,13-16H2,1-4H3,(H,31,39)(H,32,40)(H,33,37)(H,34,38)/t21-,22-/m0/s1. The molecule has 4 amide bonds. The van der Waals surface area contributed by atoms with E-state index in [1.54, 1.807) is 12.5 Å². The number of carbonyl (C=O) groups is 8. The van der Waals surface area contributed by atoms with Gasteiger partial charge in [0.05, 0.1) is 36.7 Å². The number of ether oxygens (including phenoxy) is 2. The molecular formula is C30H34N4O10S2. The van der Waals surface area contributed by atoms with Crippen molar-refractivity contribution in [2.24, 2.45) is 0 Å². The van der Waals surface area contributed by atoms with Crippen molar-refractivity contribution in [1.82, 2.24) is 10.6 Å². The minimum absolute atomic E-state index is 0.177. The highest BCUT2D eigenvalue weighted by molar-refractivity contribution is 7.98. The number of para-hydroxylation sites is 2. The predicted octanol–water partition coefficient (Wildman–Crippen LogP) is 1.45. The second-order valence-electron chi connectivity index (χ2n) is 9.32. The molecule has 4 N–H and O–H groups in total. The number of anilines is 2. The van der Waals surface area contributed by atoms with Crippen LogP contribution < -0.4 is 21.3 Å². The van der Waals surface area contributed by atoms with Gasteiger partial charge in [0, 0.05) is 0 Å². The van der Waals surface area contributed by atoms with Crippen LogP contribution in [0.5, 0.6) is 0 Å². The molecule has 2 aromatic rings. The molecule has 2 aromatic carbocycles. The zero-order valence-corrected chi connectivity index (χ0v) is 27.1. The van der Waals surface area contributed by atoms with Gasteiger partial charge in [-0.05, 0) is 61.1 Å². The summed E-state index contributed by atoms with van der Waals surface area (Å²) in [5, 5.41) is 9.19. The topological polar surface area (TPSA) is 203 Å². The number of hydrogen-bond donors (Lipinski definition) is 4. The number of nitrogens with one attached hydrogen (secondary N) is 4. The molecule has 0 fully saturated rings. The monoisotopic (exact) mass is 674 g/mol. The molecule has 2 rings (SSSR count). The van der Waals surface area contributed by atoms with Gasteiger partial charge in [-0.2, -0.15) is 23.5 Å². The molecule has 2 atom stereocenters. The average Bonchev–Trinajstić information content (AvgIpc) is 3.07. The summed E-state index contributed by atoms with van der Waals surface area (Å²) in [6.07, 6.45) is 4.03. The van der Waals surface area contributed by atoms with Crippen LogP contribution in [0.2, 0.25) is 0 Å². The predicted molar refractivity (Wildman–Crippen MR) is 173 cm³/mol. The zero-order valence-electron chi connectivity index (χ0n) is 25.5.